The van der Waals surface area contributed by atoms with E-state index in [1.54, 1.807) is 19.9 Å². The average Bonchev–Trinajstić information content (AvgIpc) is 2.67. The second kappa shape index (κ2) is 7.50. The molecule has 0 saturated carbocycles. The molecule has 1 aromatic heterocycles. The van der Waals surface area contributed by atoms with Crippen LogP contribution in [0.5, 0.6) is 5.75 Å². The van der Waals surface area contributed by atoms with Crippen molar-refractivity contribution in [3.8, 4) is 5.75 Å². The summed E-state index contributed by atoms with van der Waals surface area (Å²) in [6, 6.07) is 5.81. The number of amides is 2. The molecule has 0 radical (unpaired) electrons. The molecule has 0 spiro atoms. The summed E-state index contributed by atoms with van der Waals surface area (Å²) in [7, 11) is 3.03. The van der Waals surface area contributed by atoms with Gasteiger partial charge in [0, 0.05) is 18.3 Å². The lowest BCUT2D eigenvalue weighted by atomic mass is 9.87. The van der Waals surface area contributed by atoms with Crippen molar-refractivity contribution in [3.63, 3.8) is 0 Å². The summed E-state index contributed by atoms with van der Waals surface area (Å²) < 4.78 is 19.7. The quantitative estimate of drug-likeness (QED) is 0.819. The summed E-state index contributed by atoms with van der Waals surface area (Å²) in [6.07, 6.45) is 1.40. The molecule has 3 rings (SSSR count). The zero-order valence-corrected chi connectivity index (χ0v) is 16.6. The lowest BCUT2D eigenvalue weighted by molar-refractivity contribution is -0.128. The molecule has 0 saturated heterocycles. The van der Waals surface area contributed by atoms with Crippen LogP contribution in [0, 0.1) is 12.7 Å². The average molecular weight is 399 g/mol. The minimum atomic E-state index is -1.17. The van der Waals surface area contributed by atoms with Crippen molar-refractivity contribution in [3.05, 3.63) is 53.1 Å². The number of pyridine rings is 1. The van der Waals surface area contributed by atoms with Gasteiger partial charge in [-0.1, -0.05) is 0 Å². The Balaban J connectivity index is 1.92. The van der Waals surface area contributed by atoms with E-state index < -0.39 is 17.3 Å². The van der Waals surface area contributed by atoms with Crippen LogP contribution in [-0.2, 0) is 10.3 Å². The molecule has 0 fully saturated rings. The van der Waals surface area contributed by atoms with E-state index in [0.717, 1.165) is 0 Å². The van der Waals surface area contributed by atoms with Gasteiger partial charge in [-0.15, -0.1) is 0 Å². The first kappa shape index (κ1) is 20.2. The minimum Gasteiger partial charge on any atom is -0.495 e. The number of nitrogens with two attached hydrogens (primary N) is 1. The number of aromatic nitrogens is 1. The van der Waals surface area contributed by atoms with Gasteiger partial charge < -0.3 is 15.8 Å². The van der Waals surface area contributed by atoms with Gasteiger partial charge in [0.25, 0.3) is 5.91 Å². The van der Waals surface area contributed by atoms with E-state index >= 15 is 0 Å². The van der Waals surface area contributed by atoms with Crippen LogP contribution in [0.3, 0.4) is 0 Å². The van der Waals surface area contributed by atoms with Crippen molar-refractivity contribution in [2.24, 2.45) is 10.7 Å². The monoisotopic (exact) mass is 399 g/mol. The van der Waals surface area contributed by atoms with Crippen LogP contribution in [0.15, 0.2) is 35.5 Å². The smallest absolute Gasteiger partial charge is 0.274 e. The minimum absolute atomic E-state index is 0.00986. The van der Waals surface area contributed by atoms with Gasteiger partial charge in [-0.3, -0.25) is 14.5 Å². The summed E-state index contributed by atoms with van der Waals surface area (Å²) in [6.45, 7) is 3.37. The number of ether oxygens (including phenoxy) is 1. The molecule has 1 aromatic carbocycles. The molecule has 1 unspecified atom stereocenters. The molecule has 1 aliphatic heterocycles. The third kappa shape index (κ3) is 3.89. The van der Waals surface area contributed by atoms with Gasteiger partial charge in [0.1, 0.15) is 17.3 Å². The third-order valence-corrected chi connectivity index (χ3v) is 4.88. The van der Waals surface area contributed by atoms with Crippen molar-refractivity contribution < 1.29 is 18.7 Å². The Morgan fingerprint density at radius 1 is 1.38 bits per heavy atom. The number of methoxy groups -OCH3 is 1. The number of halogens is 1. The normalized spacial score (nSPS) is 19.0. The van der Waals surface area contributed by atoms with Crippen LogP contribution in [0.4, 0.5) is 10.1 Å². The van der Waals surface area contributed by atoms with Crippen LogP contribution >= 0.6 is 0 Å². The van der Waals surface area contributed by atoms with Crippen molar-refractivity contribution in [1.29, 1.82) is 0 Å². The van der Waals surface area contributed by atoms with E-state index in [0.29, 0.717) is 17.0 Å². The van der Waals surface area contributed by atoms with Gasteiger partial charge in [-0.25, -0.2) is 14.4 Å². The summed E-state index contributed by atoms with van der Waals surface area (Å²) in [5.41, 5.74) is 6.01. The molecule has 0 bridgehead atoms. The molecule has 1 aliphatic rings. The highest BCUT2D eigenvalue weighted by atomic mass is 19.1. The number of hydrogen-bond acceptors (Lipinski definition) is 6. The zero-order valence-electron chi connectivity index (χ0n) is 16.6. The topological polar surface area (TPSA) is 110 Å². The fourth-order valence-electron chi connectivity index (χ4n) is 3.17. The second-order valence-corrected chi connectivity index (χ2v) is 7.06. The molecule has 2 amide bonds. The molecule has 29 heavy (non-hydrogen) atoms. The van der Waals surface area contributed by atoms with E-state index in [1.807, 2.05) is 0 Å². The predicted octanol–water partition coefficient (Wildman–Crippen LogP) is 2.18. The van der Waals surface area contributed by atoms with E-state index in [1.165, 1.54) is 43.5 Å². The van der Waals surface area contributed by atoms with Crippen LogP contribution in [0.25, 0.3) is 0 Å². The highest BCUT2D eigenvalue weighted by molar-refractivity contribution is 6.04. The number of nitrogens with one attached hydrogen (secondary N) is 1. The fourth-order valence-corrected chi connectivity index (χ4v) is 3.17. The molecule has 9 heteroatoms. The Morgan fingerprint density at radius 2 is 2.10 bits per heavy atom. The van der Waals surface area contributed by atoms with Crippen LogP contribution in [0.1, 0.15) is 35.0 Å². The molecule has 0 aliphatic carbocycles. The maximum Gasteiger partial charge on any atom is 0.274 e. The molecule has 152 valence electrons. The number of rotatable bonds is 4. The van der Waals surface area contributed by atoms with Crippen molar-refractivity contribution in [1.82, 2.24) is 9.88 Å². The molecule has 2 aromatic rings. The zero-order chi connectivity index (χ0) is 21.3. The van der Waals surface area contributed by atoms with Gasteiger partial charge in [-0.2, -0.15) is 0 Å². The number of aryl methyl sites for hydroxylation is 1. The van der Waals surface area contributed by atoms with Crippen molar-refractivity contribution in [2.45, 2.75) is 25.8 Å². The van der Waals surface area contributed by atoms with E-state index in [4.69, 9.17) is 10.5 Å². The predicted molar refractivity (Wildman–Crippen MR) is 106 cm³/mol. The summed E-state index contributed by atoms with van der Waals surface area (Å²) in [4.78, 5) is 34.5. The SMILES string of the molecule is COc1cnc(C(=O)Nc2ccc(F)c(C3(C)CC(=O)N(C)C(N)=N3)c2)c(C)c1. The number of aliphatic imine (C=N–C) groups is 1. The van der Waals surface area contributed by atoms with Crippen molar-refractivity contribution >= 4 is 23.5 Å². The van der Waals surface area contributed by atoms with Crippen LogP contribution in [0.2, 0.25) is 0 Å². The summed E-state index contributed by atoms with van der Waals surface area (Å²) in [5.74, 6) is -0.713. The van der Waals surface area contributed by atoms with E-state index in [-0.39, 0.29) is 29.5 Å². The first-order valence-corrected chi connectivity index (χ1v) is 8.88. The number of carbonyl (C=O) groups is 2. The third-order valence-electron chi connectivity index (χ3n) is 4.88. The summed E-state index contributed by atoms with van der Waals surface area (Å²) in [5, 5.41) is 2.71. The Hall–Kier alpha value is -3.49. The van der Waals surface area contributed by atoms with Gasteiger partial charge >= 0.3 is 0 Å². The summed E-state index contributed by atoms with van der Waals surface area (Å²) >= 11 is 0. The molecule has 3 N–H and O–H groups in total. The van der Waals surface area contributed by atoms with Gasteiger partial charge in [0.15, 0.2) is 5.96 Å². The van der Waals surface area contributed by atoms with Gasteiger partial charge in [0.2, 0.25) is 5.91 Å². The highest BCUT2D eigenvalue weighted by Crippen LogP contribution is 2.35. The Kier molecular flexibility index (Phi) is 5.23. The van der Waals surface area contributed by atoms with Gasteiger partial charge in [0.05, 0.1) is 25.3 Å². The lowest BCUT2D eigenvalue weighted by Gasteiger charge is -2.34. The van der Waals surface area contributed by atoms with Crippen LogP contribution < -0.4 is 15.8 Å². The number of benzene rings is 1. The second-order valence-electron chi connectivity index (χ2n) is 7.06. The number of anilines is 1. The fraction of sp³-hybridized carbons (Fsp3) is 0.300. The maximum atomic E-state index is 14.6. The lowest BCUT2D eigenvalue weighted by Crippen LogP contribution is -2.47. The van der Waals surface area contributed by atoms with Crippen LogP contribution in [-0.4, -0.2) is 41.8 Å². The molecular weight excluding hydrogens is 377 g/mol. The first-order valence-electron chi connectivity index (χ1n) is 8.88. The molecular formula is C20H22FN5O3. The van der Waals surface area contributed by atoms with Gasteiger partial charge in [-0.05, 0) is 43.7 Å². The highest BCUT2D eigenvalue weighted by Gasteiger charge is 2.38. The number of nitrogens with zero attached hydrogens (tertiary/aromatic N) is 3. The first-order chi connectivity index (χ1) is 13.6. The van der Waals surface area contributed by atoms with Crippen molar-refractivity contribution in [2.75, 3.05) is 19.5 Å². The Morgan fingerprint density at radius 3 is 2.72 bits per heavy atom. The molecule has 2 heterocycles. The standard InChI is InChI=1S/C20H22FN5O3/c1-11-7-13(29-4)10-23-17(11)18(28)24-12-5-6-15(21)14(8-12)20(2)9-16(27)26(3)19(22)25-20/h5-8,10H,9H2,1-4H3,(H2,22,25)(H,24,28). The van der Waals surface area contributed by atoms with E-state index in [2.05, 4.69) is 15.3 Å². The number of guanidine groups is 1. The Labute approximate surface area is 167 Å². The molecule has 1 atom stereocenters. The van der Waals surface area contributed by atoms with E-state index in [9.17, 15) is 14.0 Å². The number of hydrogen-bond donors (Lipinski definition) is 2. The molecule has 8 nitrogen and oxygen atoms in total. The maximum absolute atomic E-state index is 14.6. The largest absolute Gasteiger partial charge is 0.495 e. The Bertz CT molecular complexity index is 1020. The number of carbonyl (C=O) groups excluding carboxylic acids is 2.